The summed E-state index contributed by atoms with van der Waals surface area (Å²) in [4.78, 5) is 0.900. The maximum absolute atomic E-state index is 13.3. The number of allylic oxidation sites excluding steroid dienone is 1. The van der Waals surface area contributed by atoms with Crippen LogP contribution in [-0.2, 0) is 9.84 Å². The van der Waals surface area contributed by atoms with Gasteiger partial charge in [0.05, 0.1) is 21.3 Å². The average Bonchev–Trinajstić information content (AvgIpc) is 2.48. The highest BCUT2D eigenvalue weighted by molar-refractivity contribution is 7.95. The predicted octanol–water partition coefficient (Wildman–Crippen LogP) is 4.42. The summed E-state index contributed by atoms with van der Waals surface area (Å²) in [5, 5.41) is 9.53. The van der Waals surface area contributed by atoms with E-state index in [4.69, 9.17) is 28.5 Å². The summed E-state index contributed by atoms with van der Waals surface area (Å²) in [6.07, 6.45) is 1.15. The van der Waals surface area contributed by atoms with Gasteiger partial charge in [-0.05, 0) is 36.4 Å². The standard InChI is InChI=1S/C15H7Cl2FN2O2S/c16-9-1-4-15-14(5-9)20(8-11(7-19)23(15,21)22)13-3-2-10(18)6-12(13)17/h1-6,8H. The first kappa shape index (κ1) is 15.8. The SMILES string of the molecule is N#CC1=CN(c2ccc(F)cc2Cl)c2cc(Cl)ccc2S1(=O)=O. The molecule has 2 aromatic carbocycles. The second-order valence-corrected chi connectivity index (χ2v) is 7.42. The highest BCUT2D eigenvalue weighted by Crippen LogP contribution is 2.42. The van der Waals surface area contributed by atoms with E-state index in [2.05, 4.69) is 0 Å². The van der Waals surface area contributed by atoms with Gasteiger partial charge in [0.15, 0.2) is 4.91 Å². The third kappa shape index (κ3) is 2.57. The van der Waals surface area contributed by atoms with Gasteiger partial charge in [-0.1, -0.05) is 23.2 Å². The zero-order valence-corrected chi connectivity index (χ0v) is 13.6. The van der Waals surface area contributed by atoms with Crippen LogP contribution in [0.4, 0.5) is 15.8 Å². The number of hydrogen-bond acceptors (Lipinski definition) is 4. The molecule has 0 fully saturated rings. The van der Waals surface area contributed by atoms with Crippen LogP contribution in [0.3, 0.4) is 0 Å². The van der Waals surface area contributed by atoms with E-state index in [0.29, 0.717) is 10.7 Å². The Morgan fingerprint density at radius 1 is 1.09 bits per heavy atom. The van der Waals surface area contributed by atoms with Crippen LogP contribution in [0.1, 0.15) is 0 Å². The van der Waals surface area contributed by atoms with Gasteiger partial charge in [0, 0.05) is 11.2 Å². The molecule has 3 rings (SSSR count). The van der Waals surface area contributed by atoms with Crippen molar-refractivity contribution < 1.29 is 12.8 Å². The topological polar surface area (TPSA) is 61.2 Å². The quantitative estimate of drug-likeness (QED) is 0.747. The molecule has 8 heteroatoms. The number of nitrogens with zero attached hydrogens (tertiary/aromatic N) is 2. The first-order valence-electron chi connectivity index (χ1n) is 6.25. The Kier molecular flexibility index (Phi) is 3.80. The van der Waals surface area contributed by atoms with Gasteiger partial charge in [-0.25, -0.2) is 12.8 Å². The normalized spacial score (nSPS) is 15.6. The number of hydrogen-bond donors (Lipinski definition) is 0. The van der Waals surface area contributed by atoms with Crippen LogP contribution in [-0.4, -0.2) is 8.42 Å². The fourth-order valence-electron chi connectivity index (χ4n) is 2.25. The van der Waals surface area contributed by atoms with Crippen LogP contribution in [0.15, 0.2) is 52.4 Å². The van der Waals surface area contributed by atoms with Gasteiger partial charge in [0.1, 0.15) is 11.9 Å². The van der Waals surface area contributed by atoms with Crippen LogP contribution in [0.25, 0.3) is 0 Å². The summed E-state index contributed by atoms with van der Waals surface area (Å²) in [5.41, 5.74) is 0.573. The molecule has 1 heterocycles. The summed E-state index contributed by atoms with van der Waals surface area (Å²) in [6.45, 7) is 0. The lowest BCUT2D eigenvalue weighted by atomic mass is 10.2. The molecule has 116 valence electrons. The predicted molar refractivity (Wildman–Crippen MR) is 85.9 cm³/mol. The zero-order valence-electron chi connectivity index (χ0n) is 11.3. The van der Waals surface area contributed by atoms with Gasteiger partial charge in [-0.3, -0.25) is 0 Å². The minimum absolute atomic E-state index is 0.0682. The molecule has 4 nitrogen and oxygen atoms in total. The molecule has 0 aromatic heterocycles. The molecule has 0 saturated heterocycles. The number of halogens is 3. The highest BCUT2D eigenvalue weighted by atomic mass is 35.5. The summed E-state index contributed by atoms with van der Waals surface area (Å²) < 4.78 is 38.1. The van der Waals surface area contributed by atoms with Crippen molar-refractivity contribution in [3.05, 3.63) is 63.4 Å². The molecule has 1 aliphatic heterocycles. The van der Waals surface area contributed by atoms with Crippen LogP contribution < -0.4 is 4.90 Å². The van der Waals surface area contributed by atoms with Crippen LogP contribution in [0.5, 0.6) is 0 Å². The maximum atomic E-state index is 13.3. The van der Waals surface area contributed by atoms with Crippen LogP contribution in [0, 0.1) is 17.1 Å². The minimum Gasteiger partial charge on any atom is -0.312 e. The molecule has 0 bridgehead atoms. The molecule has 1 aliphatic rings. The van der Waals surface area contributed by atoms with Crippen molar-refractivity contribution in [2.75, 3.05) is 4.90 Å². The lowest BCUT2D eigenvalue weighted by Crippen LogP contribution is -2.21. The summed E-state index contributed by atoms with van der Waals surface area (Å²) in [5.74, 6) is -0.529. The summed E-state index contributed by atoms with van der Waals surface area (Å²) >= 11 is 12.0. The third-order valence-electron chi connectivity index (χ3n) is 3.29. The molecule has 2 aromatic rings. The third-order valence-corrected chi connectivity index (χ3v) is 5.52. The molecular formula is C15H7Cl2FN2O2S. The van der Waals surface area contributed by atoms with Crippen molar-refractivity contribution in [1.29, 1.82) is 5.26 Å². The molecular weight excluding hydrogens is 362 g/mol. The highest BCUT2D eigenvalue weighted by Gasteiger charge is 2.32. The van der Waals surface area contributed by atoms with E-state index in [1.165, 1.54) is 35.2 Å². The molecule has 0 atom stereocenters. The molecule has 0 saturated carbocycles. The smallest absolute Gasteiger partial charge is 0.220 e. The van der Waals surface area contributed by atoms with Crippen molar-refractivity contribution in [3.8, 4) is 6.07 Å². The van der Waals surface area contributed by atoms with E-state index >= 15 is 0 Å². The van der Waals surface area contributed by atoms with E-state index in [1.807, 2.05) is 0 Å². The first-order valence-corrected chi connectivity index (χ1v) is 8.49. The zero-order chi connectivity index (χ0) is 16.8. The number of rotatable bonds is 1. The Bertz CT molecular complexity index is 997. The monoisotopic (exact) mass is 368 g/mol. The Hall–Kier alpha value is -2.07. The maximum Gasteiger partial charge on any atom is 0.220 e. The molecule has 0 unspecified atom stereocenters. The average molecular weight is 369 g/mol. The van der Waals surface area contributed by atoms with Crippen molar-refractivity contribution in [1.82, 2.24) is 0 Å². The van der Waals surface area contributed by atoms with Crippen molar-refractivity contribution in [3.63, 3.8) is 0 Å². The Labute approximate surface area is 141 Å². The molecule has 0 N–H and O–H groups in total. The Morgan fingerprint density at radius 3 is 2.48 bits per heavy atom. The number of sulfone groups is 1. The van der Waals surface area contributed by atoms with Gasteiger partial charge < -0.3 is 4.90 Å². The lowest BCUT2D eigenvalue weighted by molar-refractivity contribution is 0.602. The van der Waals surface area contributed by atoms with Crippen molar-refractivity contribution in [2.45, 2.75) is 4.90 Å². The molecule has 0 aliphatic carbocycles. The van der Waals surface area contributed by atoms with Gasteiger partial charge in [-0.2, -0.15) is 5.26 Å². The van der Waals surface area contributed by atoms with Crippen molar-refractivity contribution >= 4 is 44.4 Å². The molecule has 0 spiro atoms. The number of nitriles is 1. The molecule has 0 radical (unpaired) electrons. The van der Waals surface area contributed by atoms with E-state index < -0.39 is 20.6 Å². The number of benzene rings is 2. The molecule has 0 amide bonds. The summed E-state index contributed by atoms with van der Waals surface area (Å²) in [6, 6.07) is 9.53. The lowest BCUT2D eigenvalue weighted by Gasteiger charge is -2.28. The van der Waals surface area contributed by atoms with Crippen molar-refractivity contribution in [2.24, 2.45) is 0 Å². The van der Waals surface area contributed by atoms with E-state index in [1.54, 1.807) is 6.07 Å². The van der Waals surface area contributed by atoms with Crippen LogP contribution in [0.2, 0.25) is 10.0 Å². The van der Waals surface area contributed by atoms with Crippen LogP contribution >= 0.6 is 23.2 Å². The second-order valence-electron chi connectivity index (χ2n) is 4.69. The number of fused-ring (bicyclic) bond motifs is 1. The van der Waals surface area contributed by atoms with Gasteiger partial charge in [0.25, 0.3) is 0 Å². The van der Waals surface area contributed by atoms with E-state index in [9.17, 15) is 12.8 Å². The first-order chi connectivity index (χ1) is 10.8. The molecule has 23 heavy (non-hydrogen) atoms. The van der Waals surface area contributed by atoms with E-state index in [0.717, 1.165) is 12.3 Å². The fraction of sp³-hybridized carbons (Fsp3) is 0. The number of anilines is 2. The van der Waals surface area contributed by atoms with Gasteiger partial charge in [0.2, 0.25) is 9.84 Å². The minimum atomic E-state index is -3.93. The van der Waals surface area contributed by atoms with Gasteiger partial charge in [-0.15, -0.1) is 0 Å². The second kappa shape index (κ2) is 5.53. The fourth-order valence-corrected chi connectivity index (χ4v) is 3.95. The summed E-state index contributed by atoms with van der Waals surface area (Å²) in [7, 11) is -3.93. The Morgan fingerprint density at radius 2 is 1.83 bits per heavy atom. The largest absolute Gasteiger partial charge is 0.312 e. The Balaban J connectivity index is 2.33. The van der Waals surface area contributed by atoms with Gasteiger partial charge >= 0.3 is 0 Å². The van der Waals surface area contributed by atoms with E-state index in [-0.39, 0.29) is 15.6 Å².